The minimum atomic E-state index is 0.907. The molecule has 148 valence electrons. The first-order valence-corrected chi connectivity index (χ1v) is 10.1. The van der Waals surface area contributed by atoms with Crippen molar-refractivity contribution in [1.82, 2.24) is 5.32 Å². The van der Waals surface area contributed by atoms with Gasteiger partial charge in [-0.2, -0.15) is 0 Å². The molecule has 0 saturated carbocycles. The molecule has 3 nitrogen and oxygen atoms in total. The average molecular weight is 386 g/mol. The van der Waals surface area contributed by atoms with Crippen molar-refractivity contribution in [2.24, 2.45) is 0 Å². The number of ether oxygens (including phenoxy) is 2. The molecule has 0 amide bonds. The Morgan fingerprint density at radius 2 is 1.10 bits per heavy atom. The summed E-state index contributed by atoms with van der Waals surface area (Å²) in [7, 11) is 3.43. The summed E-state index contributed by atoms with van der Waals surface area (Å²) in [6.07, 6.45) is 1.99. The maximum absolute atomic E-state index is 5.40. The third-order valence-electron chi connectivity index (χ3n) is 5.50. The molecule has 4 aromatic carbocycles. The predicted molar refractivity (Wildman–Crippen MR) is 121 cm³/mol. The summed E-state index contributed by atoms with van der Waals surface area (Å²) in [6, 6.07) is 25.5. The highest BCUT2D eigenvalue weighted by atomic mass is 16.5. The predicted octanol–water partition coefficient (Wildman–Crippen LogP) is 5.39. The van der Waals surface area contributed by atoms with Gasteiger partial charge in [-0.3, -0.25) is 0 Å². The number of hydrogen-bond acceptors (Lipinski definition) is 3. The van der Waals surface area contributed by atoms with Gasteiger partial charge in [-0.05, 0) is 82.9 Å². The highest BCUT2D eigenvalue weighted by molar-refractivity contribution is 5.87. The lowest BCUT2D eigenvalue weighted by Crippen LogP contribution is -2.20. The van der Waals surface area contributed by atoms with Gasteiger partial charge in [0.05, 0.1) is 14.2 Å². The second-order valence-electron chi connectivity index (χ2n) is 7.26. The van der Waals surface area contributed by atoms with Crippen molar-refractivity contribution < 1.29 is 9.47 Å². The van der Waals surface area contributed by atoms with Crippen molar-refractivity contribution in [3.63, 3.8) is 0 Å². The molecule has 4 rings (SSSR count). The molecule has 4 aromatic rings. The van der Waals surface area contributed by atoms with Crippen molar-refractivity contribution in [1.29, 1.82) is 0 Å². The Labute approximate surface area is 172 Å². The van der Waals surface area contributed by atoms with Crippen LogP contribution in [0.5, 0.6) is 11.5 Å². The zero-order valence-electron chi connectivity index (χ0n) is 17.1. The SMILES string of the molecule is COc1ccc2cccc(CCNCCc3cccc4ccc(OC)cc34)c2c1. The summed E-state index contributed by atoms with van der Waals surface area (Å²) < 4.78 is 10.8. The fourth-order valence-corrected chi connectivity index (χ4v) is 3.89. The molecule has 0 aliphatic carbocycles. The monoisotopic (exact) mass is 385 g/mol. The van der Waals surface area contributed by atoms with E-state index in [2.05, 4.69) is 66.0 Å². The van der Waals surface area contributed by atoms with Crippen molar-refractivity contribution in [3.8, 4) is 11.5 Å². The summed E-state index contributed by atoms with van der Waals surface area (Å²) in [4.78, 5) is 0. The Balaban J connectivity index is 1.38. The van der Waals surface area contributed by atoms with Gasteiger partial charge in [-0.25, -0.2) is 0 Å². The van der Waals surface area contributed by atoms with Gasteiger partial charge in [0.15, 0.2) is 0 Å². The molecule has 0 spiro atoms. The van der Waals surface area contributed by atoms with E-state index < -0.39 is 0 Å². The van der Waals surface area contributed by atoms with Gasteiger partial charge in [0.1, 0.15) is 11.5 Å². The van der Waals surface area contributed by atoms with E-state index in [4.69, 9.17) is 9.47 Å². The Hall–Kier alpha value is -3.04. The van der Waals surface area contributed by atoms with Crippen LogP contribution in [0.1, 0.15) is 11.1 Å². The van der Waals surface area contributed by atoms with Crippen LogP contribution in [0.15, 0.2) is 72.8 Å². The van der Waals surface area contributed by atoms with Gasteiger partial charge in [0, 0.05) is 0 Å². The summed E-state index contributed by atoms with van der Waals surface area (Å²) in [5.74, 6) is 1.81. The number of fused-ring (bicyclic) bond motifs is 2. The van der Waals surface area contributed by atoms with Crippen LogP contribution >= 0.6 is 0 Å². The Morgan fingerprint density at radius 1 is 0.621 bits per heavy atom. The van der Waals surface area contributed by atoms with E-state index in [1.165, 1.54) is 32.7 Å². The van der Waals surface area contributed by atoms with E-state index in [0.717, 1.165) is 37.4 Å². The third-order valence-corrected chi connectivity index (χ3v) is 5.50. The lowest BCUT2D eigenvalue weighted by Gasteiger charge is -2.11. The molecule has 0 heterocycles. The first-order chi connectivity index (χ1) is 14.3. The molecule has 3 heteroatoms. The maximum atomic E-state index is 5.40. The molecular formula is C26H27NO2. The Bertz CT molecular complexity index is 1030. The fourth-order valence-electron chi connectivity index (χ4n) is 3.89. The molecule has 1 N–H and O–H groups in total. The number of hydrogen-bond donors (Lipinski definition) is 1. The molecule has 29 heavy (non-hydrogen) atoms. The number of benzene rings is 4. The van der Waals surface area contributed by atoms with Gasteiger partial charge in [0.25, 0.3) is 0 Å². The second kappa shape index (κ2) is 8.97. The smallest absolute Gasteiger partial charge is 0.119 e. The molecule has 0 unspecified atom stereocenters. The van der Waals surface area contributed by atoms with E-state index in [9.17, 15) is 0 Å². The van der Waals surface area contributed by atoms with E-state index in [1.54, 1.807) is 14.2 Å². The minimum Gasteiger partial charge on any atom is -0.497 e. The van der Waals surface area contributed by atoms with Crippen LogP contribution in [-0.2, 0) is 12.8 Å². The Kier molecular flexibility index (Phi) is 5.97. The van der Waals surface area contributed by atoms with Gasteiger partial charge in [-0.1, -0.05) is 48.5 Å². The van der Waals surface area contributed by atoms with Gasteiger partial charge in [0.2, 0.25) is 0 Å². The van der Waals surface area contributed by atoms with E-state index in [0.29, 0.717) is 0 Å². The normalized spacial score (nSPS) is 11.1. The van der Waals surface area contributed by atoms with Crippen molar-refractivity contribution >= 4 is 21.5 Å². The molecule has 0 aliphatic heterocycles. The molecule has 0 radical (unpaired) electrons. The maximum Gasteiger partial charge on any atom is 0.119 e. The van der Waals surface area contributed by atoms with Crippen molar-refractivity contribution in [3.05, 3.63) is 83.9 Å². The average Bonchev–Trinajstić information content (AvgIpc) is 2.78. The van der Waals surface area contributed by atoms with Crippen LogP contribution in [0.3, 0.4) is 0 Å². The minimum absolute atomic E-state index is 0.907. The molecule has 0 aliphatic rings. The molecule has 0 bridgehead atoms. The highest BCUT2D eigenvalue weighted by Gasteiger charge is 2.05. The van der Waals surface area contributed by atoms with Gasteiger partial charge in [-0.15, -0.1) is 0 Å². The lowest BCUT2D eigenvalue weighted by molar-refractivity contribution is 0.415. The molecule has 0 fully saturated rings. The first-order valence-electron chi connectivity index (χ1n) is 10.1. The fraction of sp³-hybridized carbons (Fsp3) is 0.231. The Morgan fingerprint density at radius 3 is 1.55 bits per heavy atom. The molecule has 0 saturated heterocycles. The number of nitrogens with one attached hydrogen (secondary N) is 1. The zero-order chi connectivity index (χ0) is 20.1. The standard InChI is InChI=1S/C26H27NO2/c1-28-23-11-9-19-5-3-7-21(25(19)17-23)13-15-27-16-14-22-8-4-6-20-10-12-24(29-2)18-26(20)22/h3-12,17-18,27H,13-16H2,1-2H3. The summed E-state index contributed by atoms with van der Waals surface area (Å²) in [5.41, 5.74) is 2.70. The van der Waals surface area contributed by atoms with Crippen LogP contribution in [0.25, 0.3) is 21.5 Å². The van der Waals surface area contributed by atoms with Crippen molar-refractivity contribution in [2.75, 3.05) is 27.3 Å². The molecule has 0 aromatic heterocycles. The second-order valence-corrected chi connectivity index (χ2v) is 7.26. The first kappa shape index (κ1) is 19.3. The molecular weight excluding hydrogens is 358 g/mol. The van der Waals surface area contributed by atoms with E-state index in [1.807, 2.05) is 12.1 Å². The summed E-state index contributed by atoms with van der Waals surface area (Å²) >= 11 is 0. The third kappa shape index (κ3) is 4.36. The van der Waals surface area contributed by atoms with Crippen LogP contribution in [0.4, 0.5) is 0 Å². The van der Waals surface area contributed by atoms with Crippen molar-refractivity contribution in [2.45, 2.75) is 12.8 Å². The van der Waals surface area contributed by atoms with Gasteiger partial charge < -0.3 is 14.8 Å². The van der Waals surface area contributed by atoms with E-state index in [-0.39, 0.29) is 0 Å². The summed E-state index contributed by atoms with van der Waals surface area (Å²) in [5, 5.41) is 8.67. The molecule has 0 atom stereocenters. The largest absolute Gasteiger partial charge is 0.497 e. The number of methoxy groups -OCH3 is 2. The van der Waals surface area contributed by atoms with Gasteiger partial charge >= 0.3 is 0 Å². The van der Waals surface area contributed by atoms with Crippen LogP contribution in [-0.4, -0.2) is 27.3 Å². The zero-order valence-corrected chi connectivity index (χ0v) is 17.1. The van der Waals surface area contributed by atoms with Crippen LogP contribution < -0.4 is 14.8 Å². The summed E-state index contributed by atoms with van der Waals surface area (Å²) in [6.45, 7) is 1.90. The van der Waals surface area contributed by atoms with Crippen LogP contribution in [0, 0.1) is 0 Å². The number of rotatable bonds is 8. The quantitative estimate of drug-likeness (QED) is 0.413. The highest BCUT2D eigenvalue weighted by Crippen LogP contribution is 2.25. The topological polar surface area (TPSA) is 30.5 Å². The van der Waals surface area contributed by atoms with Crippen LogP contribution in [0.2, 0.25) is 0 Å². The lowest BCUT2D eigenvalue weighted by atomic mass is 10.0. The van der Waals surface area contributed by atoms with E-state index >= 15 is 0 Å².